The van der Waals surface area contributed by atoms with Crippen LogP contribution >= 0.6 is 11.6 Å². The Morgan fingerprint density at radius 2 is 1.86 bits per heavy atom. The van der Waals surface area contributed by atoms with Crippen molar-refractivity contribution in [2.75, 3.05) is 0 Å². The molecular formula is C20H13ClF2NNaO3. The molecule has 3 aromatic rings. The molecule has 0 radical (unpaired) electrons. The fraction of sp³-hybridized carbons (Fsp3) is 0.100. The first-order valence-corrected chi connectivity index (χ1v) is 8.30. The number of halogens is 3. The van der Waals surface area contributed by atoms with Gasteiger partial charge in [0.15, 0.2) is 0 Å². The Balaban J connectivity index is 0.00000280. The predicted molar refractivity (Wildman–Crippen MR) is 93.5 cm³/mol. The first kappa shape index (κ1) is 22.3. The van der Waals surface area contributed by atoms with Crippen molar-refractivity contribution in [2.24, 2.45) is 0 Å². The third kappa shape index (κ3) is 5.75. The normalized spacial score (nSPS) is 10.2. The Kier molecular flexibility index (Phi) is 7.95. The van der Waals surface area contributed by atoms with E-state index in [1.165, 1.54) is 24.5 Å². The molecule has 2 aromatic carbocycles. The van der Waals surface area contributed by atoms with E-state index >= 15 is 0 Å². The van der Waals surface area contributed by atoms with Crippen molar-refractivity contribution in [3.8, 4) is 5.75 Å². The number of rotatable bonds is 6. The van der Waals surface area contributed by atoms with Gasteiger partial charge in [-0.2, -0.15) is 0 Å². The first-order chi connectivity index (χ1) is 12.9. The van der Waals surface area contributed by atoms with Crippen LogP contribution in [0.4, 0.5) is 8.78 Å². The van der Waals surface area contributed by atoms with Crippen molar-refractivity contribution in [3.05, 3.63) is 93.8 Å². The molecule has 0 aliphatic rings. The molecule has 0 atom stereocenters. The molecule has 0 aliphatic heterocycles. The van der Waals surface area contributed by atoms with Crippen molar-refractivity contribution in [1.82, 2.24) is 4.98 Å². The van der Waals surface area contributed by atoms with Crippen LogP contribution in [0.1, 0.15) is 27.0 Å². The van der Waals surface area contributed by atoms with E-state index in [2.05, 4.69) is 4.98 Å². The number of aromatic nitrogens is 1. The second-order valence-corrected chi connectivity index (χ2v) is 6.26. The maximum Gasteiger partial charge on any atom is 1.00 e. The molecule has 0 spiro atoms. The molecule has 0 saturated heterocycles. The molecule has 0 amide bonds. The monoisotopic (exact) mass is 411 g/mol. The van der Waals surface area contributed by atoms with E-state index in [0.29, 0.717) is 28.3 Å². The molecule has 1 aromatic heterocycles. The number of ether oxygens (including phenoxy) is 1. The maximum atomic E-state index is 13.8. The molecular weight excluding hydrogens is 399 g/mol. The van der Waals surface area contributed by atoms with Gasteiger partial charge in [0.25, 0.3) is 0 Å². The molecule has 1 heterocycles. The van der Waals surface area contributed by atoms with Crippen LogP contribution in [0.3, 0.4) is 0 Å². The van der Waals surface area contributed by atoms with Gasteiger partial charge in [-0.3, -0.25) is 4.98 Å². The zero-order valence-corrected chi connectivity index (χ0v) is 17.7. The minimum Gasteiger partial charge on any atom is -0.545 e. The van der Waals surface area contributed by atoms with E-state index in [1.807, 2.05) is 0 Å². The van der Waals surface area contributed by atoms with Gasteiger partial charge >= 0.3 is 29.6 Å². The zero-order chi connectivity index (χ0) is 19.4. The summed E-state index contributed by atoms with van der Waals surface area (Å²) in [7, 11) is 0. The van der Waals surface area contributed by atoms with Gasteiger partial charge < -0.3 is 14.6 Å². The van der Waals surface area contributed by atoms with Crippen molar-refractivity contribution >= 4 is 17.6 Å². The molecule has 4 nitrogen and oxygen atoms in total. The molecule has 0 fully saturated rings. The van der Waals surface area contributed by atoms with Crippen LogP contribution in [-0.4, -0.2) is 11.0 Å². The van der Waals surface area contributed by atoms with Gasteiger partial charge in [0, 0.05) is 46.6 Å². The Morgan fingerprint density at radius 1 is 1.07 bits per heavy atom. The predicted octanol–water partition coefficient (Wildman–Crippen LogP) is 0.550. The second-order valence-electron chi connectivity index (χ2n) is 5.82. The SMILES string of the molecule is O=C([O-])c1cncc(Cc2cc(Cl)ccc2OCc2ccc(F)cc2F)c1.[Na+]. The molecule has 0 aliphatic carbocycles. The second kappa shape index (κ2) is 9.98. The average Bonchev–Trinajstić information content (AvgIpc) is 2.62. The van der Waals surface area contributed by atoms with Crippen molar-refractivity contribution < 1.29 is 53.0 Å². The molecule has 0 saturated carbocycles. The summed E-state index contributed by atoms with van der Waals surface area (Å²) in [5.41, 5.74) is 1.46. The minimum atomic E-state index is -1.32. The number of pyridine rings is 1. The third-order valence-electron chi connectivity index (χ3n) is 3.85. The average molecular weight is 412 g/mol. The van der Waals surface area contributed by atoms with Crippen LogP contribution in [-0.2, 0) is 13.0 Å². The topological polar surface area (TPSA) is 62.2 Å². The fourth-order valence-corrected chi connectivity index (χ4v) is 2.73. The van der Waals surface area contributed by atoms with Crippen LogP contribution in [0, 0.1) is 11.6 Å². The molecule has 8 heteroatoms. The van der Waals surface area contributed by atoms with E-state index in [1.54, 1.807) is 18.2 Å². The van der Waals surface area contributed by atoms with E-state index in [-0.39, 0.29) is 47.3 Å². The van der Waals surface area contributed by atoms with E-state index < -0.39 is 17.6 Å². The first-order valence-electron chi connectivity index (χ1n) is 7.93. The minimum absolute atomic E-state index is 0. The summed E-state index contributed by atoms with van der Waals surface area (Å²) in [5.74, 6) is -2.24. The Labute approximate surface area is 187 Å². The number of carbonyl (C=O) groups excluding carboxylic acids is 1. The number of carboxylic acid groups (broad SMARTS) is 1. The Bertz CT molecular complexity index is 1000. The van der Waals surface area contributed by atoms with Crippen molar-refractivity contribution in [2.45, 2.75) is 13.0 Å². The van der Waals surface area contributed by atoms with Crippen LogP contribution < -0.4 is 39.4 Å². The Morgan fingerprint density at radius 3 is 2.57 bits per heavy atom. The van der Waals surface area contributed by atoms with Crippen molar-refractivity contribution in [1.29, 1.82) is 0 Å². The van der Waals surface area contributed by atoms with Crippen LogP contribution in [0.2, 0.25) is 5.02 Å². The van der Waals surface area contributed by atoms with E-state index in [0.717, 1.165) is 12.1 Å². The molecule has 0 N–H and O–H groups in total. The molecule has 0 unspecified atom stereocenters. The van der Waals surface area contributed by atoms with Crippen LogP contribution in [0.5, 0.6) is 5.75 Å². The number of carboxylic acids is 1. The molecule has 138 valence electrons. The quantitative estimate of drug-likeness (QED) is 0.556. The number of hydrogen-bond acceptors (Lipinski definition) is 4. The summed E-state index contributed by atoms with van der Waals surface area (Å²) < 4.78 is 32.5. The number of nitrogens with zero attached hydrogens (tertiary/aromatic N) is 1. The summed E-state index contributed by atoms with van der Waals surface area (Å²) in [4.78, 5) is 14.9. The zero-order valence-electron chi connectivity index (χ0n) is 14.9. The van der Waals surface area contributed by atoms with Gasteiger partial charge in [-0.25, -0.2) is 8.78 Å². The third-order valence-corrected chi connectivity index (χ3v) is 4.08. The van der Waals surface area contributed by atoms with Gasteiger partial charge in [-0.05, 0) is 42.0 Å². The number of benzene rings is 2. The maximum absolute atomic E-state index is 13.8. The fourth-order valence-electron chi connectivity index (χ4n) is 2.54. The van der Waals surface area contributed by atoms with Gasteiger partial charge in [-0.1, -0.05) is 11.6 Å². The van der Waals surface area contributed by atoms with Gasteiger partial charge in [0.05, 0.1) is 5.97 Å². The number of hydrogen-bond donors (Lipinski definition) is 0. The summed E-state index contributed by atoms with van der Waals surface area (Å²) in [6.07, 6.45) is 3.03. The number of carbonyl (C=O) groups is 1. The summed E-state index contributed by atoms with van der Waals surface area (Å²) in [5, 5.41) is 11.4. The van der Waals surface area contributed by atoms with Crippen LogP contribution in [0.25, 0.3) is 0 Å². The van der Waals surface area contributed by atoms with Crippen molar-refractivity contribution in [3.63, 3.8) is 0 Å². The van der Waals surface area contributed by atoms with E-state index in [4.69, 9.17) is 16.3 Å². The molecule has 0 bridgehead atoms. The standard InChI is InChI=1S/C20H14ClF2NO3.Na/c21-16-2-4-19(27-11-13-1-3-17(22)8-18(13)23)14(7-16)5-12-6-15(20(25)26)10-24-9-12;/h1-4,6-10H,5,11H2,(H,25,26);/q;+1/p-1. The number of aromatic carboxylic acids is 1. The van der Waals surface area contributed by atoms with E-state index in [9.17, 15) is 18.7 Å². The smallest absolute Gasteiger partial charge is 0.545 e. The van der Waals surface area contributed by atoms with Crippen LogP contribution in [0.15, 0.2) is 54.9 Å². The molecule has 3 rings (SSSR count). The van der Waals surface area contributed by atoms with Gasteiger partial charge in [0.1, 0.15) is 24.0 Å². The summed E-state index contributed by atoms with van der Waals surface area (Å²) in [6.45, 7) is -0.0991. The molecule has 28 heavy (non-hydrogen) atoms. The van der Waals surface area contributed by atoms with Gasteiger partial charge in [-0.15, -0.1) is 0 Å². The van der Waals surface area contributed by atoms with Gasteiger partial charge in [0.2, 0.25) is 0 Å². The summed E-state index contributed by atoms with van der Waals surface area (Å²) >= 11 is 6.05. The largest absolute Gasteiger partial charge is 1.00 e. The Hall–Kier alpha value is -1.99. The summed E-state index contributed by atoms with van der Waals surface area (Å²) in [6, 6.07) is 9.64.